The molecule has 2 heterocycles. The average Bonchev–Trinajstić information content (AvgIpc) is 3.36. The number of rotatable bonds is 5. The average molecular weight is 493 g/mol. The van der Waals surface area contributed by atoms with E-state index in [4.69, 9.17) is 4.74 Å². The summed E-state index contributed by atoms with van der Waals surface area (Å²) < 4.78 is 6.22. The van der Waals surface area contributed by atoms with Crippen molar-refractivity contribution in [3.8, 4) is 5.75 Å². The first-order valence-corrected chi connectivity index (χ1v) is 13.4. The smallest absolute Gasteiger partial charge is 0.144 e. The van der Waals surface area contributed by atoms with Gasteiger partial charge in [-0.1, -0.05) is 32.9 Å². The molecule has 3 aromatic rings. The standard InChI is InChI=1S/C29H36N2O3S/c1-6-28-18-27(5,32)29(33,25-31-12-13-35-25)16-21(28)15-26(3,4)24-14-22(9-10-23(24)28)34-17-20-8-7-11-30-19(20)2/h7-14,21,32-33H,6,15-18H2,1-5H3. The number of fused-ring (bicyclic) bond motifs is 3. The molecule has 6 heteroatoms. The molecule has 0 amide bonds. The molecule has 0 spiro atoms. The van der Waals surface area contributed by atoms with Crippen LogP contribution in [0.3, 0.4) is 0 Å². The van der Waals surface area contributed by atoms with E-state index in [1.807, 2.05) is 18.4 Å². The Morgan fingerprint density at radius 1 is 1.06 bits per heavy atom. The number of benzene rings is 1. The van der Waals surface area contributed by atoms with Gasteiger partial charge in [-0.25, -0.2) is 4.98 Å². The summed E-state index contributed by atoms with van der Waals surface area (Å²) >= 11 is 1.43. The van der Waals surface area contributed by atoms with Crippen molar-refractivity contribution in [3.63, 3.8) is 0 Å². The zero-order valence-corrected chi connectivity index (χ0v) is 22.2. The number of ether oxygens (including phenoxy) is 1. The molecule has 4 unspecified atom stereocenters. The Labute approximate surface area is 212 Å². The molecular weight excluding hydrogens is 456 g/mol. The van der Waals surface area contributed by atoms with Crippen LogP contribution in [0.4, 0.5) is 0 Å². The minimum absolute atomic E-state index is 0.0881. The third-order valence-electron chi connectivity index (χ3n) is 8.81. The highest BCUT2D eigenvalue weighted by Gasteiger charge is 2.63. The second-order valence-electron chi connectivity index (χ2n) is 11.4. The van der Waals surface area contributed by atoms with Crippen LogP contribution in [0, 0.1) is 12.8 Å². The largest absolute Gasteiger partial charge is 0.489 e. The molecule has 0 radical (unpaired) electrons. The van der Waals surface area contributed by atoms with Crippen molar-refractivity contribution in [2.75, 3.05) is 0 Å². The lowest BCUT2D eigenvalue weighted by molar-refractivity contribution is -0.207. The van der Waals surface area contributed by atoms with Crippen molar-refractivity contribution in [1.29, 1.82) is 0 Å². The van der Waals surface area contributed by atoms with Crippen molar-refractivity contribution in [2.45, 2.75) is 88.9 Å². The van der Waals surface area contributed by atoms with Crippen LogP contribution in [0.25, 0.3) is 0 Å². The van der Waals surface area contributed by atoms with Crippen molar-refractivity contribution in [1.82, 2.24) is 9.97 Å². The fourth-order valence-electron chi connectivity index (χ4n) is 6.77. The lowest BCUT2D eigenvalue weighted by atomic mass is 9.46. The van der Waals surface area contributed by atoms with Crippen molar-refractivity contribution < 1.29 is 14.9 Å². The number of hydrogen-bond acceptors (Lipinski definition) is 6. The molecular formula is C29H36N2O3S. The molecule has 2 aromatic heterocycles. The fourth-order valence-corrected chi connectivity index (χ4v) is 7.64. The monoisotopic (exact) mass is 492 g/mol. The molecule has 35 heavy (non-hydrogen) atoms. The third-order valence-corrected chi connectivity index (χ3v) is 9.74. The Kier molecular flexibility index (Phi) is 5.86. The molecule has 2 aliphatic rings. The van der Waals surface area contributed by atoms with E-state index in [2.05, 4.69) is 55.0 Å². The van der Waals surface area contributed by atoms with E-state index in [1.165, 1.54) is 22.5 Å². The van der Waals surface area contributed by atoms with Crippen LogP contribution in [-0.2, 0) is 23.0 Å². The minimum atomic E-state index is -1.34. The molecule has 0 aliphatic heterocycles. The van der Waals surface area contributed by atoms with Crippen LogP contribution in [0.1, 0.15) is 80.8 Å². The summed E-state index contributed by atoms with van der Waals surface area (Å²) in [6.45, 7) is 11.1. The molecule has 1 aromatic carbocycles. The molecule has 186 valence electrons. The van der Waals surface area contributed by atoms with Crippen LogP contribution in [0.2, 0.25) is 0 Å². The number of hydrogen-bond donors (Lipinski definition) is 2. The Balaban J connectivity index is 1.53. The van der Waals surface area contributed by atoms with E-state index in [0.717, 1.165) is 29.8 Å². The van der Waals surface area contributed by atoms with E-state index in [9.17, 15) is 10.2 Å². The van der Waals surface area contributed by atoms with E-state index in [-0.39, 0.29) is 16.7 Å². The van der Waals surface area contributed by atoms with Crippen LogP contribution >= 0.6 is 11.3 Å². The van der Waals surface area contributed by atoms with Crippen molar-refractivity contribution in [3.05, 3.63) is 75.5 Å². The number of thiazole rings is 1. The second kappa shape index (κ2) is 8.39. The van der Waals surface area contributed by atoms with Gasteiger partial charge < -0.3 is 14.9 Å². The van der Waals surface area contributed by atoms with Crippen LogP contribution in [0.15, 0.2) is 48.1 Å². The summed E-state index contributed by atoms with van der Waals surface area (Å²) in [7, 11) is 0. The summed E-state index contributed by atoms with van der Waals surface area (Å²) in [5.74, 6) is 1.08. The summed E-state index contributed by atoms with van der Waals surface area (Å²) in [5.41, 5.74) is 1.70. The highest BCUT2D eigenvalue weighted by Crippen LogP contribution is 2.63. The molecule has 5 nitrogen and oxygen atoms in total. The number of aryl methyl sites for hydroxylation is 1. The van der Waals surface area contributed by atoms with E-state index in [1.54, 1.807) is 19.3 Å². The van der Waals surface area contributed by atoms with Gasteiger partial charge in [0, 0.05) is 34.4 Å². The zero-order valence-electron chi connectivity index (χ0n) is 21.3. The van der Waals surface area contributed by atoms with E-state index >= 15 is 0 Å². The van der Waals surface area contributed by atoms with Gasteiger partial charge in [0.25, 0.3) is 0 Å². The Bertz CT molecular complexity index is 1220. The Morgan fingerprint density at radius 3 is 2.54 bits per heavy atom. The number of aromatic nitrogens is 2. The molecule has 4 atom stereocenters. The fraction of sp³-hybridized carbons (Fsp3) is 0.517. The molecule has 2 aliphatic carbocycles. The minimum Gasteiger partial charge on any atom is -0.489 e. The normalized spacial score (nSPS) is 31.5. The van der Waals surface area contributed by atoms with Gasteiger partial charge in [-0.2, -0.15) is 0 Å². The highest BCUT2D eigenvalue weighted by molar-refractivity contribution is 7.09. The van der Waals surface area contributed by atoms with Gasteiger partial charge in [0.1, 0.15) is 23.0 Å². The SMILES string of the molecule is CCC12CC(C)(O)C(O)(c3nccs3)CC1CC(C)(C)c1cc(OCc3cccnc3C)ccc12. The summed E-state index contributed by atoms with van der Waals surface area (Å²) in [6.07, 6.45) is 6.35. The molecule has 2 N–H and O–H groups in total. The van der Waals surface area contributed by atoms with Gasteiger partial charge >= 0.3 is 0 Å². The summed E-state index contributed by atoms with van der Waals surface area (Å²) in [4.78, 5) is 8.79. The topological polar surface area (TPSA) is 75.5 Å². The van der Waals surface area contributed by atoms with Crippen LogP contribution in [-0.4, -0.2) is 25.8 Å². The van der Waals surface area contributed by atoms with Crippen LogP contribution < -0.4 is 4.74 Å². The van der Waals surface area contributed by atoms with Gasteiger partial charge in [0.2, 0.25) is 0 Å². The second-order valence-corrected chi connectivity index (χ2v) is 12.3. The highest BCUT2D eigenvalue weighted by atomic mass is 32.1. The van der Waals surface area contributed by atoms with E-state index < -0.39 is 11.2 Å². The quantitative estimate of drug-likeness (QED) is 0.471. The molecule has 1 saturated carbocycles. The molecule has 0 saturated heterocycles. The first-order valence-electron chi connectivity index (χ1n) is 12.6. The lowest BCUT2D eigenvalue weighted by Crippen LogP contribution is -2.63. The lowest BCUT2D eigenvalue weighted by Gasteiger charge is -2.60. The number of pyridine rings is 1. The van der Waals surface area contributed by atoms with Gasteiger partial charge in [-0.05, 0) is 80.2 Å². The van der Waals surface area contributed by atoms with E-state index in [0.29, 0.717) is 24.5 Å². The predicted molar refractivity (Wildman–Crippen MR) is 139 cm³/mol. The zero-order chi connectivity index (χ0) is 25.1. The first-order chi connectivity index (χ1) is 16.5. The van der Waals surface area contributed by atoms with Crippen molar-refractivity contribution >= 4 is 11.3 Å². The number of nitrogens with zero attached hydrogens (tertiary/aromatic N) is 2. The van der Waals surface area contributed by atoms with Crippen molar-refractivity contribution in [2.24, 2.45) is 5.92 Å². The van der Waals surface area contributed by atoms with Gasteiger partial charge in [-0.15, -0.1) is 11.3 Å². The maximum absolute atomic E-state index is 11.8. The van der Waals surface area contributed by atoms with Gasteiger partial charge in [-0.3, -0.25) is 4.98 Å². The molecule has 5 rings (SSSR count). The maximum atomic E-state index is 11.8. The summed E-state index contributed by atoms with van der Waals surface area (Å²) in [6, 6.07) is 10.5. The Hall–Kier alpha value is -2.28. The number of aliphatic hydroxyl groups is 2. The molecule has 0 bridgehead atoms. The molecule has 1 fully saturated rings. The van der Waals surface area contributed by atoms with Crippen LogP contribution in [0.5, 0.6) is 5.75 Å². The first kappa shape index (κ1) is 24.4. The maximum Gasteiger partial charge on any atom is 0.144 e. The Morgan fingerprint density at radius 2 is 1.86 bits per heavy atom. The van der Waals surface area contributed by atoms with Gasteiger partial charge in [0.15, 0.2) is 0 Å². The summed E-state index contributed by atoms with van der Waals surface area (Å²) in [5, 5.41) is 26.1. The third kappa shape index (κ3) is 3.81. The predicted octanol–water partition coefficient (Wildman–Crippen LogP) is 5.80. The van der Waals surface area contributed by atoms with Gasteiger partial charge in [0.05, 0.1) is 5.60 Å².